The minimum Gasteiger partial charge on any atom is 0 e. The Hall–Kier alpha value is 0.566. The summed E-state index contributed by atoms with van der Waals surface area (Å²) in [4.78, 5) is 0. The molecule has 0 fully saturated rings. The SMILES string of the molecule is CCCCCCC.CCCCCCC.CCCCCCC.CCCCCCC.Cc1c(C)c(C)[c-](C)c1C.Cc1c(C)c(C)[c-](C)c1C.Cc1c(C)c(C)[c-](C)c1C.Cc1c(C)c(C)[c-](C)c1C.[C-]#[O+].[C-]#[O+].[C-]#[O+].[C-]#[O+].[C-]#[O+].[C-]#[O+].[C-]#[O+].[C-]#[O+].[C-]#[O+].[C-]#[O+].[C-]#[O+].[C-]#[O+].[Ga].[Ga].[Ga].[Ga].[Rh].[Rh].[Rh].[Rh].[Rh].[Rh]. The third-order valence-corrected chi connectivity index (χ3v) is 16.1. The largest absolute Gasteiger partial charge is 0 e. The molecule has 0 saturated carbocycles. The molecule has 22 heteroatoms. The minimum atomic E-state index is 0. The first-order valence-corrected chi connectivity index (χ1v) is 31.1. The van der Waals surface area contributed by atoms with E-state index in [2.05, 4.69) is 274 Å². The van der Waals surface area contributed by atoms with Crippen molar-refractivity contribution in [1.82, 2.24) is 0 Å². The summed E-state index contributed by atoms with van der Waals surface area (Å²) in [7, 11) is 0. The van der Waals surface area contributed by atoms with Crippen molar-refractivity contribution in [3.05, 3.63) is 191 Å². The molecule has 102 heavy (non-hydrogen) atoms. The van der Waals surface area contributed by atoms with Gasteiger partial charge in [0.2, 0.25) is 0 Å². The summed E-state index contributed by atoms with van der Waals surface area (Å²) in [6, 6.07) is 0. The second-order valence-electron chi connectivity index (χ2n) is 20.7. The Kier molecular flexibility index (Phi) is 280. The maximum Gasteiger partial charge on any atom is 0 e. The van der Waals surface area contributed by atoms with Crippen LogP contribution < -0.4 is 0 Å². The van der Waals surface area contributed by atoms with Gasteiger partial charge in [0.25, 0.3) is 0 Å². The van der Waals surface area contributed by atoms with Gasteiger partial charge >= 0.3 is 136 Å². The molecule has 4 aromatic carbocycles. The zero-order chi connectivity index (χ0) is 77.7. The van der Waals surface area contributed by atoms with Crippen LogP contribution in [0.25, 0.3) is 0 Å². The van der Waals surface area contributed by atoms with E-state index in [0.29, 0.717) is 0 Å². The number of unbranched alkanes of at least 4 members (excludes halogenated alkanes) is 16. The Bertz CT molecular complexity index is 1740. The van der Waals surface area contributed by atoms with E-state index in [1.807, 2.05) is 0 Å². The average Bonchev–Trinajstić information content (AvgIpc) is 1.74. The molecule has 0 aliphatic carbocycles. The molecule has 0 bridgehead atoms. The monoisotopic (exact) mass is 2170 g/mol. The van der Waals surface area contributed by atoms with E-state index < -0.39 is 0 Å². The fraction of sp³-hybridized carbons (Fsp3) is 0.600. The molecular weight excluding hydrogens is 2050 g/mol. The van der Waals surface area contributed by atoms with Gasteiger partial charge in [-0.25, -0.2) is 0 Å². The molecule has 0 N–H and O–H groups in total. The van der Waals surface area contributed by atoms with Crippen molar-refractivity contribution in [3.63, 3.8) is 0 Å². The second-order valence-corrected chi connectivity index (χ2v) is 20.7. The summed E-state index contributed by atoms with van der Waals surface area (Å²) in [5, 5.41) is 0. The quantitative estimate of drug-likeness (QED) is 0.0440. The molecule has 0 unspecified atom stereocenters. The summed E-state index contributed by atoms with van der Waals surface area (Å²) in [5.41, 5.74) is 29.4. The standard InChI is InChI=1S/4C10H15.4C7H16.12CO.4Ga.6Rh/c4*1-6-7(2)9(4)10(5)8(6)3;4*1-3-5-7-6-4-2;12*1-2;;;;;;;;;;/h4*1-5H3;4*3-7H2,1-2H3;;;;;;;;;;;;;;;;;;;;;;/q4*-1;;;;;;;;;;;;;;;;;;;;;;;;;;. The molecule has 0 saturated heterocycles. The fourth-order valence-electron chi connectivity index (χ4n) is 8.33. The summed E-state index contributed by atoms with van der Waals surface area (Å²) in [6.45, 7) is 116. The Morgan fingerprint density at radius 3 is 0.255 bits per heavy atom. The Labute approximate surface area is 756 Å². The van der Waals surface area contributed by atoms with Gasteiger partial charge in [0.05, 0.1) is 0 Å². The summed E-state index contributed by atoms with van der Waals surface area (Å²) < 4.78 is 90.0. The van der Waals surface area contributed by atoms with E-state index in [0.717, 1.165) is 0 Å². The van der Waals surface area contributed by atoms with Crippen LogP contribution in [0.1, 0.15) is 295 Å². The van der Waals surface area contributed by atoms with Crippen LogP contribution in [0.3, 0.4) is 0 Å². The third-order valence-electron chi connectivity index (χ3n) is 16.1. The van der Waals surface area contributed by atoms with Gasteiger partial charge < -0.3 is 0 Å². The molecule has 0 atom stereocenters. The first-order chi connectivity index (χ1) is 43.9. The van der Waals surface area contributed by atoms with Crippen LogP contribution in [0.5, 0.6) is 0 Å². The van der Waals surface area contributed by atoms with E-state index in [4.69, 9.17) is 55.8 Å². The van der Waals surface area contributed by atoms with E-state index in [1.54, 1.807) is 0 Å². The molecular formula is C80H124Ga4O12Rh6-4. The van der Waals surface area contributed by atoms with E-state index >= 15 is 0 Å². The molecule has 18 radical (unpaired) electrons. The van der Waals surface area contributed by atoms with E-state index in [-0.39, 0.29) is 196 Å². The zero-order valence-electron chi connectivity index (χ0n) is 67.4. The molecule has 586 valence electrons. The van der Waals surface area contributed by atoms with Crippen molar-refractivity contribution in [3.8, 4) is 0 Å². The van der Waals surface area contributed by atoms with Gasteiger partial charge in [-0.15, -0.1) is 0 Å². The van der Waals surface area contributed by atoms with Gasteiger partial charge in [-0.3, -0.25) is 0 Å². The Morgan fingerprint density at radius 1 is 0.167 bits per heavy atom. The van der Waals surface area contributed by atoms with Crippen LogP contribution in [0, 0.1) is 218 Å². The topological polar surface area (TPSA) is 239 Å². The zero-order valence-corrected chi connectivity index (χ0v) is 86.9. The molecule has 0 aliphatic rings. The number of rotatable bonds is 16. The molecule has 4 rings (SSSR count). The molecule has 12 nitrogen and oxygen atoms in total. The van der Waals surface area contributed by atoms with Crippen molar-refractivity contribution in [2.24, 2.45) is 0 Å². The Balaban J connectivity index is -0.0000000256. The third kappa shape index (κ3) is 107. The van der Waals surface area contributed by atoms with Crippen molar-refractivity contribution >= 4 is 79.2 Å². The van der Waals surface area contributed by atoms with Crippen LogP contribution >= 0.6 is 0 Å². The summed E-state index contributed by atoms with van der Waals surface area (Å²) in [5.74, 6) is 0. The summed E-state index contributed by atoms with van der Waals surface area (Å²) >= 11 is 0. The van der Waals surface area contributed by atoms with Gasteiger partial charge in [0.15, 0.2) is 0 Å². The van der Waals surface area contributed by atoms with E-state index in [1.165, 1.54) is 240 Å². The van der Waals surface area contributed by atoms with Crippen LogP contribution in [0.4, 0.5) is 0 Å². The molecule has 4 aromatic rings. The molecule has 0 spiro atoms. The van der Waals surface area contributed by atoms with Crippen LogP contribution in [-0.4, -0.2) is 79.2 Å². The van der Waals surface area contributed by atoms with Gasteiger partial charge in [-0.1, -0.05) is 322 Å². The van der Waals surface area contributed by atoms with Gasteiger partial charge in [-0.05, 0) is 0 Å². The van der Waals surface area contributed by atoms with Gasteiger partial charge in [0, 0.05) is 196 Å². The number of hydrogen-bond donors (Lipinski definition) is 0. The van der Waals surface area contributed by atoms with Gasteiger partial charge in [0.1, 0.15) is 0 Å². The average molecular weight is 2170 g/mol. The smallest absolute Gasteiger partial charge is 0 e. The molecule has 0 amide bonds. The van der Waals surface area contributed by atoms with Crippen LogP contribution in [-0.2, 0) is 173 Å². The molecule has 0 aromatic heterocycles. The summed E-state index contributed by atoms with van der Waals surface area (Å²) in [6.07, 6.45) is 28.0. The predicted molar refractivity (Wildman–Crippen MR) is 391 cm³/mol. The fourth-order valence-corrected chi connectivity index (χ4v) is 8.33. The maximum atomic E-state index is 7.50. The maximum absolute atomic E-state index is 7.50. The first-order valence-electron chi connectivity index (χ1n) is 31.1. The molecule has 0 aliphatic heterocycles. The number of hydrogen-bond acceptors (Lipinski definition) is 0. The van der Waals surface area contributed by atoms with Crippen molar-refractivity contribution in [2.75, 3.05) is 0 Å². The van der Waals surface area contributed by atoms with E-state index in [9.17, 15) is 0 Å². The normalized spacial score (nSPS) is 6.94. The van der Waals surface area contributed by atoms with Crippen molar-refractivity contribution < 1.29 is 173 Å². The first kappa shape index (κ1) is 180. The predicted octanol–water partition coefficient (Wildman–Crippen LogP) is 21.7. The van der Waals surface area contributed by atoms with Crippen LogP contribution in [0.2, 0.25) is 0 Å². The molecule has 0 heterocycles. The van der Waals surface area contributed by atoms with Gasteiger partial charge in [-0.2, -0.15) is 111 Å². The van der Waals surface area contributed by atoms with Crippen molar-refractivity contribution in [2.45, 2.75) is 322 Å². The van der Waals surface area contributed by atoms with Crippen molar-refractivity contribution in [1.29, 1.82) is 0 Å². The Morgan fingerprint density at radius 2 is 0.225 bits per heavy atom. The minimum absolute atomic E-state index is 0. The second kappa shape index (κ2) is 158. The van der Waals surface area contributed by atoms with Crippen LogP contribution in [0.15, 0.2) is 0 Å².